The summed E-state index contributed by atoms with van der Waals surface area (Å²) in [5, 5.41) is 9.96. The molecule has 1 fully saturated rings. The first-order valence-electron chi connectivity index (χ1n) is 8.67. The lowest BCUT2D eigenvalue weighted by molar-refractivity contribution is -0.120. The van der Waals surface area contributed by atoms with Gasteiger partial charge in [-0.2, -0.15) is 0 Å². The maximum Gasteiger partial charge on any atom is 0.243 e. The Kier molecular flexibility index (Phi) is 5.33. The quantitative estimate of drug-likeness (QED) is 0.838. The molecule has 3 rings (SSSR count). The molecule has 2 unspecified atom stereocenters. The van der Waals surface area contributed by atoms with Gasteiger partial charge < -0.3 is 9.84 Å². The highest BCUT2D eigenvalue weighted by atomic mass is 16.5. The average molecular weight is 343 g/mol. The molecule has 0 radical (unpaired) electrons. The zero-order valence-electron chi connectivity index (χ0n) is 15.0. The van der Waals surface area contributed by atoms with Gasteiger partial charge in [-0.25, -0.2) is 4.98 Å². The van der Waals surface area contributed by atoms with E-state index in [-0.39, 0.29) is 11.9 Å². The first kappa shape index (κ1) is 17.4. The van der Waals surface area contributed by atoms with Crippen LogP contribution in [0.15, 0.2) is 28.8 Å². The van der Waals surface area contributed by atoms with E-state index in [0.717, 1.165) is 43.3 Å². The molecule has 134 valence electrons. The van der Waals surface area contributed by atoms with E-state index in [9.17, 15) is 4.79 Å². The molecule has 1 saturated heterocycles. The first-order chi connectivity index (χ1) is 12.0. The molecular formula is C18H25N5O2. The minimum atomic E-state index is -0.201. The van der Waals surface area contributed by atoms with Gasteiger partial charge in [-0.05, 0) is 51.8 Å². The molecule has 1 aliphatic rings. The fourth-order valence-corrected chi connectivity index (χ4v) is 3.09. The molecule has 0 aliphatic carbocycles. The van der Waals surface area contributed by atoms with Crippen LogP contribution in [0.5, 0.6) is 0 Å². The molecule has 0 aromatic carbocycles. The smallest absolute Gasteiger partial charge is 0.243 e. The number of aromatic nitrogens is 2. The Balaban J connectivity index is 1.47. The van der Waals surface area contributed by atoms with E-state index in [4.69, 9.17) is 4.52 Å². The zero-order valence-corrected chi connectivity index (χ0v) is 15.0. The summed E-state index contributed by atoms with van der Waals surface area (Å²) in [6, 6.07) is 7.49. The van der Waals surface area contributed by atoms with Gasteiger partial charge >= 0.3 is 0 Å². The van der Waals surface area contributed by atoms with Crippen molar-refractivity contribution < 1.29 is 9.32 Å². The number of hydrogen-bond acceptors (Lipinski definition) is 6. The average Bonchev–Trinajstić information content (AvgIpc) is 3.21. The van der Waals surface area contributed by atoms with Crippen molar-refractivity contribution >= 4 is 17.6 Å². The van der Waals surface area contributed by atoms with Crippen LogP contribution in [0, 0.1) is 19.8 Å². The van der Waals surface area contributed by atoms with Crippen LogP contribution in [0.3, 0.4) is 0 Å². The summed E-state index contributed by atoms with van der Waals surface area (Å²) < 4.78 is 5.05. The molecule has 7 heteroatoms. The van der Waals surface area contributed by atoms with Crippen LogP contribution >= 0.6 is 0 Å². The van der Waals surface area contributed by atoms with Gasteiger partial charge in [-0.15, -0.1) is 0 Å². The minimum Gasteiger partial charge on any atom is -0.370 e. The second-order valence-corrected chi connectivity index (χ2v) is 6.69. The van der Waals surface area contributed by atoms with E-state index in [1.807, 2.05) is 39.0 Å². The van der Waals surface area contributed by atoms with Crippen molar-refractivity contribution in [3.63, 3.8) is 0 Å². The van der Waals surface area contributed by atoms with E-state index in [1.165, 1.54) is 0 Å². The Bertz CT molecular complexity index is 730. The van der Waals surface area contributed by atoms with Crippen LogP contribution in [0.1, 0.15) is 24.7 Å². The molecule has 0 bridgehead atoms. The molecule has 2 atom stereocenters. The molecule has 1 aliphatic heterocycles. The normalized spacial score (nSPS) is 18.9. The number of hydrogen-bond donors (Lipinski definition) is 2. The number of amides is 1. The third kappa shape index (κ3) is 4.57. The van der Waals surface area contributed by atoms with Crippen LogP contribution in [0.2, 0.25) is 0 Å². The van der Waals surface area contributed by atoms with E-state index >= 15 is 0 Å². The number of rotatable bonds is 6. The highest BCUT2D eigenvalue weighted by molar-refractivity contribution is 5.93. The van der Waals surface area contributed by atoms with Gasteiger partial charge in [0.25, 0.3) is 0 Å². The van der Waals surface area contributed by atoms with Gasteiger partial charge in [0.2, 0.25) is 11.8 Å². The molecule has 25 heavy (non-hydrogen) atoms. The predicted molar refractivity (Wildman–Crippen MR) is 96.5 cm³/mol. The third-order valence-electron chi connectivity index (χ3n) is 4.58. The topological polar surface area (TPSA) is 83.3 Å². The highest BCUT2D eigenvalue weighted by Crippen LogP contribution is 2.20. The van der Waals surface area contributed by atoms with Crippen molar-refractivity contribution in [3.05, 3.63) is 35.7 Å². The second kappa shape index (κ2) is 7.65. The molecule has 0 spiro atoms. The van der Waals surface area contributed by atoms with Gasteiger partial charge in [0.1, 0.15) is 5.82 Å². The Hall–Kier alpha value is -2.41. The van der Waals surface area contributed by atoms with Gasteiger partial charge in [0.15, 0.2) is 0 Å². The molecule has 2 N–H and O–H groups in total. The number of nitrogens with zero attached hydrogens (tertiary/aromatic N) is 3. The fourth-order valence-electron chi connectivity index (χ4n) is 3.09. The van der Waals surface area contributed by atoms with Gasteiger partial charge in [0, 0.05) is 24.8 Å². The first-order valence-corrected chi connectivity index (χ1v) is 8.67. The minimum absolute atomic E-state index is 0.0647. The standard InChI is InChI=1S/C18H25N5O2/c1-12-5-4-6-16(20-12)19-10-15-7-8-23(11-15)14(3)18(24)21-17-9-13(2)22-25-17/h4-6,9,14-15H,7-8,10-11H2,1-3H3,(H,19,20)(H,21,24). The fraction of sp³-hybridized carbons (Fsp3) is 0.500. The van der Waals surface area contributed by atoms with Gasteiger partial charge in [0.05, 0.1) is 11.7 Å². The Morgan fingerprint density at radius 2 is 2.24 bits per heavy atom. The zero-order chi connectivity index (χ0) is 17.8. The monoisotopic (exact) mass is 343 g/mol. The van der Waals surface area contributed by atoms with Crippen molar-refractivity contribution in [1.82, 2.24) is 15.0 Å². The highest BCUT2D eigenvalue weighted by Gasteiger charge is 2.29. The predicted octanol–water partition coefficient (Wildman–Crippen LogP) is 2.45. The summed E-state index contributed by atoms with van der Waals surface area (Å²) in [5.74, 6) is 1.75. The van der Waals surface area contributed by atoms with Crippen molar-refractivity contribution in [2.45, 2.75) is 33.2 Å². The lowest BCUT2D eigenvalue weighted by Crippen LogP contribution is -2.41. The van der Waals surface area contributed by atoms with Crippen molar-refractivity contribution in [1.29, 1.82) is 0 Å². The Labute approximate surface area is 147 Å². The number of anilines is 2. The van der Waals surface area contributed by atoms with Crippen molar-refractivity contribution in [2.24, 2.45) is 5.92 Å². The van der Waals surface area contributed by atoms with Crippen LogP contribution in [0.25, 0.3) is 0 Å². The lowest BCUT2D eigenvalue weighted by atomic mass is 10.1. The number of carbonyl (C=O) groups excluding carboxylic acids is 1. The Morgan fingerprint density at radius 3 is 2.96 bits per heavy atom. The SMILES string of the molecule is Cc1cc(NC(=O)C(C)N2CCC(CNc3cccc(C)n3)C2)on1. The maximum atomic E-state index is 12.4. The second-order valence-electron chi connectivity index (χ2n) is 6.69. The molecular weight excluding hydrogens is 318 g/mol. The molecule has 0 saturated carbocycles. The summed E-state index contributed by atoms with van der Waals surface area (Å²) in [7, 11) is 0. The summed E-state index contributed by atoms with van der Waals surface area (Å²) in [6.07, 6.45) is 1.07. The molecule has 1 amide bonds. The number of pyridine rings is 1. The van der Waals surface area contributed by atoms with E-state index < -0.39 is 0 Å². The van der Waals surface area contributed by atoms with Crippen molar-refractivity contribution in [2.75, 3.05) is 30.3 Å². The molecule has 3 heterocycles. The summed E-state index contributed by atoms with van der Waals surface area (Å²) >= 11 is 0. The van der Waals surface area contributed by atoms with Crippen LogP contribution in [-0.4, -0.2) is 46.6 Å². The number of aryl methyl sites for hydroxylation is 2. The lowest BCUT2D eigenvalue weighted by Gasteiger charge is -2.23. The maximum absolute atomic E-state index is 12.4. The summed E-state index contributed by atoms with van der Waals surface area (Å²) in [4.78, 5) is 19.0. The largest absolute Gasteiger partial charge is 0.370 e. The van der Waals surface area contributed by atoms with Crippen molar-refractivity contribution in [3.8, 4) is 0 Å². The van der Waals surface area contributed by atoms with E-state index in [1.54, 1.807) is 6.07 Å². The van der Waals surface area contributed by atoms with Crippen LogP contribution in [0.4, 0.5) is 11.7 Å². The molecule has 7 nitrogen and oxygen atoms in total. The summed E-state index contributed by atoms with van der Waals surface area (Å²) in [6.45, 7) is 8.40. The van der Waals surface area contributed by atoms with Gasteiger partial charge in [-0.3, -0.25) is 15.0 Å². The Morgan fingerprint density at radius 1 is 1.40 bits per heavy atom. The number of carbonyl (C=O) groups is 1. The van der Waals surface area contributed by atoms with Crippen LogP contribution in [-0.2, 0) is 4.79 Å². The van der Waals surface area contributed by atoms with Gasteiger partial charge in [-0.1, -0.05) is 11.2 Å². The van der Waals surface area contributed by atoms with E-state index in [0.29, 0.717) is 11.8 Å². The van der Waals surface area contributed by atoms with Crippen LogP contribution < -0.4 is 10.6 Å². The summed E-state index contributed by atoms with van der Waals surface area (Å²) in [5.41, 5.74) is 1.76. The third-order valence-corrected chi connectivity index (χ3v) is 4.58. The number of likely N-dealkylation sites (tertiary alicyclic amines) is 1. The van der Waals surface area contributed by atoms with E-state index in [2.05, 4.69) is 25.7 Å². The molecule has 2 aromatic rings. The number of nitrogens with one attached hydrogen (secondary N) is 2. The molecule has 2 aromatic heterocycles.